The van der Waals surface area contributed by atoms with Crippen LogP contribution in [0.3, 0.4) is 0 Å². The molecule has 2 atom stereocenters. The zero-order chi connectivity index (χ0) is 7.40. The Balaban J connectivity index is 2.44. The van der Waals surface area contributed by atoms with Crippen molar-refractivity contribution in [3.05, 3.63) is 0 Å². The minimum Gasteiger partial charge on any atom is -0.204 e. The van der Waals surface area contributed by atoms with Crippen LogP contribution < -0.4 is 0 Å². The first-order valence-electron chi connectivity index (χ1n) is 4.04. The quantitative estimate of drug-likeness (QED) is 0.404. The number of thiol groups is 1. The van der Waals surface area contributed by atoms with E-state index in [1.54, 1.807) is 0 Å². The molecule has 1 saturated carbocycles. The molecule has 0 saturated heterocycles. The highest BCUT2D eigenvalue weighted by atomic mass is 32.1. The summed E-state index contributed by atoms with van der Waals surface area (Å²) in [4.78, 5) is 0. The van der Waals surface area contributed by atoms with E-state index < -0.39 is 0 Å². The second-order valence-corrected chi connectivity index (χ2v) is 3.83. The van der Waals surface area contributed by atoms with Crippen LogP contribution in [-0.4, -0.2) is 5.87 Å². The van der Waals surface area contributed by atoms with Crippen molar-refractivity contribution in [2.45, 2.75) is 32.6 Å². The van der Waals surface area contributed by atoms with Crippen LogP contribution in [0.5, 0.6) is 0 Å². The fourth-order valence-electron chi connectivity index (χ4n) is 1.68. The Morgan fingerprint density at radius 2 is 2.30 bits per heavy atom. The maximum absolute atomic E-state index is 3.77. The predicted octanol–water partition coefficient (Wildman–Crippen LogP) is 2.67. The lowest BCUT2D eigenvalue weighted by Gasteiger charge is -2.22. The van der Waals surface area contributed by atoms with Gasteiger partial charge in [-0.15, -0.1) is 5.18 Å². The van der Waals surface area contributed by atoms with Gasteiger partial charge in [0.1, 0.15) is 0 Å². The predicted molar refractivity (Wildman–Crippen MR) is 51.1 cm³/mol. The van der Waals surface area contributed by atoms with Gasteiger partial charge in [-0.3, -0.25) is 0 Å². The molecule has 0 aliphatic heterocycles. The SMILES string of the molecule is C=[SH]#CC1CCC[C@@H](C)C1. The van der Waals surface area contributed by atoms with E-state index in [0.717, 1.165) is 22.6 Å². The Hall–Kier alpha value is -0.130. The molecule has 0 nitrogen and oxygen atoms in total. The van der Waals surface area contributed by atoms with Gasteiger partial charge in [0.15, 0.2) is 0 Å². The largest absolute Gasteiger partial charge is 0.204 e. The summed E-state index contributed by atoms with van der Waals surface area (Å²) in [5, 5.41) is 3.38. The molecule has 0 N–H and O–H groups in total. The molecule has 1 aliphatic rings. The number of hydrogen-bond acceptors (Lipinski definition) is 0. The maximum Gasteiger partial charge on any atom is 0.0217 e. The molecular weight excluding hydrogens is 140 g/mol. The molecule has 0 bridgehead atoms. The van der Waals surface area contributed by atoms with Crippen LogP contribution in [0.1, 0.15) is 32.6 Å². The van der Waals surface area contributed by atoms with Crippen LogP contribution in [0.2, 0.25) is 0 Å². The molecule has 0 amide bonds. The molecule has 1 rings (SSSR count). The van der Waals surface area contributed by atoms with Crippen molar-refractivity contribution in [3.63, 3.8) is 0 Å². The lowest BCUT2D eigenvalue weighted by Crippen LogP contribution is -2.10. The standard InChI is InChI=1S/C9H16S/c1-8-4-3-5-9(6-8)7-10-2/h8-10H,2-6H2,1H3/t8-,9?/m1/s1. The Bertz CT molecular complexity index is 188. The van der Waals surface area contributed by atoms with Gasteiger partial charge in [0.2, 0.25) is 0 Å². The molecule has 1 fully saturated rings. The first-order valence-corrected chi connectivity index (χ1v) is 5.12. The van der Waals surface area contributed by atoms with Gasteiger partial charge in [0.05, 0.1) is 0 Å². The summed E-state index contributed by atoms with van der Waals surface area (Å²) in [6.07, 6.45) is 5.52. The molecule has 0 spiro atoms. The molecule has 10 heavy (non-hydrogen) atoms. The zero-order valence-electron chi connectivity index (χ0n) is 6.64. The summed E-state index contributed by atoms with van der Waals surface area (Å²) in [6.45, 7) is 2.34. The topological polar surface area (TPSA) is 0 Å². The van der Waals surface area contributed by atoms with Crippen molar-refractivity contribution in [2.24, 2.45) is 11.8 Å². The molecular formula is C9H16S. The highest BCUT2D eigenvalue weighted by Gasteiger charge is 2.15. The van der Waals surface area contributed by atoms with Crippen molar-refractivity contribution in [2.75, 3.05) is 0 Å². The second kappa shape index (κ2) is 3.90. The highest BCUT2D eigenvalue weighted by Crippen LogP contribution is 2.27. The third kappa shape index (κ3) is 2.24. The number of hydrogen-bond donors (Lipinski definition) is 1. The average molecular weight is 156 g/mol. The molecule has 0 aromatic heterocycles. The Morgan fingerprint density at radius 3 is 2.90 bits per heavy atom. The van der Waals surface area contributed by atoms with Gasteiger partial charge in [0.25, 0.3) is 0 Å². The van der Waals surface area contributed by atoms with Crippen LogP contribution in [0, 0.1) is 17.0 Å². The molecule has 0 radical (unpaired) electrons. The maximum atomic E-state index is 3.77. The monoisotopic (exact) mass is 156 g/mol. The van der Waals surface area contributed by atoms with Crippen molar-refractivity contribution in [1.82, 2.24) is 0 Å². The van der Waals surface area contributed by atoms with Gasteiger partial charge in [-0.25, -0.2) is 10.8 Å². The van der Waals surface area contributed by atoms with E-state index in [0.29, 0.717) is 0 Å². The number of rotatable bonds is 0. The van der Waals surface area contributed by atoms with Gasteiger partial charge in [-0.2, -0.15) is 0 Å². The molecule has 0 heterocycles. The van der Waals surface area contributed by atoms with E-state index in [2.05, 4.69) is 18.0 Å². The van der Waals surface area contributed by atoms with Crippen molar-refractivity contribution >= 4 is 16.6 Å². The van der Waals surface area contributed by atoms with E-state index in [1.165, 1.54) is 25.7 Å². The van der Waals surface area contributed by atoms with Crippen LogP contribution in [0.4, 0.5) is 0 Å². The van der Waals surface area contributed by atoms with Crippen molar-refractivity contribution in [1.29, 1.82) is 0 Å². The molecule has 1 aliphatic carbocycles. The van der Waals surface area contributed by atoms with E-state index in [1.807, 2.05) is 0 Å². The molecule has 0 aromatic rings. The zero-order valence-corrected chi connectivity index (χ0v) is 7.53. The average Bonchev–Trinajstić information content (AvgIpc) is 1.88. The third-order valence-corrected chi connectivity index (χ3v) is 2.76. The lowest BCUT2D eigenvalue weighted by atomic mass is 9.84. The Morgan fingerprint density at radius 1 is 1.50 bits per heavy atom. The van der Waals surface area contributed by atoms with Crippen molar-refractivity contribution < 1.29 is 0 Å². The minimum atomic E-state index is 0.753. The van der Waals surface area contributed by atoms with Gasteiger partial charge in [-0.1, -0.05) is 25.6 Å². The summed E-state index contributed by atoms with van der Waals surface area (Å²) >= 11 is 0. The van der Waals surface area contributed by atoms with Gasteiger partial charge >= 0.3 is 0 Å². The Kier molecular flexibility index (Phi) is 3.11. The molecule has 1 heteroatoms. The van der Waals surface area contributed by atoms with Crippen molar-refractivity contribution in [3.8, 4) is 5.18 Å². The fraction of sp³-hybridized carbons (Fsp3) is 0.778. The van der Waals surface area contributed by atoms with Gasteiger partial charge in [-0.05, 0) is 18.8 Å². The summed E-state index contributed by atoms with van der Waals surface area (Å²) in [5.41, 5.74) is 0. The Labute approximate surface area is 66.8 Å². The van der Waals surface area contributed by atoms with E-state index >= 15 is 0 Å². The first kappa shape index (κ1) is 7.97. The lowest BCUT2D eigenvalue weighted by molar-refractivity contribution is 0.334. The molecule has 58 valence electrons. The second-order valence-electron chi connectivity index (χ2n) is 3.26. The fourth-order valence-corrected chi connectivity index (χ4v) is 2.17. The third-order valence-electron chi connectivity index (χ3n) is 2.21. The van der Waals surface area contributed by atoms with Gasteiger partial charge in [0, 0.05) is 5.92 Å². The van der Waals surface area contributed by atoms with E-state index in [9.17, 15) is 0 Å². The van der Waals surface area contributed by atoms with E-state index in [-0.39, 0.29) is 0 Å². The molecule has 1 unspecified atom stereocenters. The summed E-state index contributed by atoms with van der Waals surface area (Å²) in [7, 11) is 1.09. The molecule has 0 aromatic carbocycles. The summed E-state index contributed by atoms with van der Waals surface area (Å²) in [6, 6.07) is 0. The minimum absolute atomic E-state index is 0.753. The van der Waals surface area contributed by atoms with E-state index in [4.69, 9.17) is 0 Å². The summed E-state index contributed by atoms with van der Waals surface area (Å²) in [5.74, 6) is 5.44. The van der Waals surface area contributed by atoms with Crippen LogP contribution in [0.15, 0.2) is 0 Å². The van der Waals surface area contributed by atoms with Crippen LogP contribution >= 0.6 is 10.8 Å². The first-order chi connectivity index (χ1) is 4.83. The van der Waals surface area contributed by atoms with Crippen LogP contribution in [0.25, 0.3) is 0 Å². The van der Waals surface area contributed by atoms with Gasteiger partial charge < -0.3 is 0 Å². The highest BCUT2D eigenvalue weighted by molar-refractivity contribution is 7.86. The summed E-state index contributed by atoms with van der Waals surface area (Å²) < 4.78 is 0. The van der Waals surface area contributed by atoms with Crippen LogP contribution in [-0.2, 0) is 0 Å². The normalized spacial score (nSPS) is 32.9. The smallest absolute Gasteiger partial charge is 0.0217 e.